The molecular weight excluding hydrogens is 162 g/mol. The molecule has 0 radical (unpaired) electrons. The Kier molecular flexibility index (Phi) is 7.29. The van der Waals surface area contributed by atoms with Crippen molar-refractivity contribution in [3.63, 3.8) is 0 Å². The fraction of sp³-hybridized carbons (Fsp3) is 1.00. The van der Waals surface area contributed by atoms with Crippen LogP contribution in [-0.2, 0) is 0 Å². The van der Waals surface area contributed by atoms with Gasteiger partial charge in [0.05, 0.1) is 6.61 Å². The van der Waals surface area contributed by atoms with Crippen molar-refractivity contribution in [1.82, 2.24) is 5.32 Å². The molecule has 0 aromatic rings. The fourth-order valence-corrected chi connectivity index (χ4v) is 1.51. The van der Waals surface area contributed by atoms with Crippen molar-refractivity contribution in [3.05, 3.63) is 0 Å². The van der Waals surface area contributed by atoms with E-state index in [0.29, 0.717) is 0 Å². The molecule has 0 aliphatic heterocycles. The molecule has 0 aliphatic rings. The average molecular weight is 187 g/mol. The zero-order valence-corrected chi connectivity index (χ0v) is 9.40. The number of nitrogens with one attached hydrogen (secondary N) is 1. The van der Waals surface area contributed by atoms with Gasteiger partial charge < -0.3 is 10.4 Å². The minimum Gasteiger partial charge on any atom is -0.394 e. The molecule has 0 heterocycles. The summed E-state index contributed by atoms with van der Waals surface area (Å²) in [5, 5.41) is 12.7. The maximum atomic E-state index is 9.27. The van der Waals surface area contributed by atoms with Gasteiger partial charge in [-0.25, -0.2) is 0 Å². The first kappa shape index (κ1) is 12.9. The van der Waals surface area contributed by atoms with E-state index in [2.05, 4.69) is 26.1 Å². The van der Waals surface area contributed by atoms with Crippen molar-refractivity contribution in [2.24, 2.45) is 0 Å². The van der Waals surface area contributed by atoms with Crippen molar-refractivity contribution in [2.75, 3.05) is 13.2 Å². The maximum absolute atomic E-state index is 9.27. The minimum atomic E-state index is -0.0201. The number of aliphatic hydroxyl groups excluding tert-OH is 1. The third kappa shape index (κ3) is 4.63. The van der Waals surface area contributed by atoms with Crippen LogP contribution in [-0.4, -0.2) is 23.8 Å². The van der Waals surface area contributed by atoms with Crippen molar-refractivity contribution < 1.29 is 5.11 Å². The second-order valence-electron chi connectivity index (χ2n) is 3.78. The van der Waals surface area contributed by atoms with E-state index in [4.69, 9.17) is 0 Å². The van der Waals surface area contributed by atoms with E-state index in [1.165, 1.54) is 19.3 Å². The highest BCUT2D eigenvalue weighted by Crippen LogP contribution is 2.13. The van der Waals surface area contributed by atoms with Crippen LogP contribution in [0.3, 0.4) is 0 Å². The van der Waals surface area contributed by atoms with Crippen LogP contribution in [0.15, 0.2) is 0 Å². The third-order valence-corrected chi connectivity index (χ3v) is 2.94. The number of rotatable bonds is 8. The standard InChI is InChI=1S/C11H25NO/c1-4-7-8-9-12-11(5-2,6-3)10-13/h12-13H,4-10H2,1-3H3. The molecule has 0 amide bonds. The summed E-state index contributed by atoms with van der Waals surface area (Å²) in [6.07, 6.45) is 5.77. The predicted octanol–water partition coefficient (Wildman–Crippen LogP) is 2.32. The number of hydrogen-bond donors (Lipinski definition) is 2. The summed E-state index contributed by atoms with van der Waals surface area (Å²) in [4.78, 5) is 0. The molecule has 0 fully saturated rings. The van der Waals surface area contributed by atoms with Gasteiger partial charge in [-0.3, -0.25) is 0 Å². The van der Waals surface area contributed by atoms with E-state index >= 15 is 0 Å². The first-order valence-electron chi connectivity index (χ1n) is 5.60. The summed E-state index contributed by atoms with van der Waals surface area (Å²) in [7, 11) is 0. The smallest absolute Gasteiger partial charge is 0.0613 e. The van der Waals surface area contributed by atoms with Gasteiger partial charge in [-0.05, 0) is 25.8 Å². The predicted molar refractivity (Wildman–Crippen MR) is 57.9 cm³/mol. The van der Waals surface area contributed by atoms with E-state index < -0.39 is 0 Å². The van der Waals surface area contributed by atoms with Gasteiger partial charge in [-0.15, -0.1) is 0 Å². The van der Waals surface area contributed by atoms with Crippen LogP contribution in [0.4, 0.5) is 0 Å². The third-order valence-electron chi connectivity index (χ3n) is 2.94. The zero-order chi connectivity index (χ0) is 10.2. The summed E-state index contributed by atoms with van der Waals surface area (Å²) >= 11 is 0. The first-order chi connectivity index (χ1) is 6.24. The molecule has 0 aliphatic carbocycles. The quantitative estimate of drug-likeness (QED) is 0.572. The zero-order valence-electron chi connectivity index (χ0n) is 9.40. The number of aliphatic hydroxyl groups is 1. The Labute approximate surface area is 82.7 Å². The lowest BCUT2D eigenvalue weighted by Crippen LogP contribution is -2.47. The van der Waals surface area contributed by atoms with Gasteiger partial charge in [0.15, 0.2) is 0 Å². The summed E-state index contributed by atoms with van der Waals surface area (Å²) in [5.74, 6) is 0. The Morgan fingerprint density at radius 3 is 2.08 bits per heavy atom. The number of hydrogen-bond acceptors (Lipinski definition) is 2. The summed E-state index contributed by atoms with van der Waals surface area (Å²) in [6, 6.07) is 0. The van der Waals surface area contributed by atoms with Crippen molar-refractivity contribution >= 4 is 0 Å². The van der Waals surface area contributed by atoms with E-state index in [9.17, 15) is 5.11 Å². The number of unbranched alkanes of at least 4 members (excludes halogenated alkanes) is 2. The Morgan fingerprint density at radius 1 is 1.08 bits per heavy atom. The van der Waals surface area contributed by atoms with Gasteiger partial charge in [0.2, 0.25) is 0 Å². The van der Waals surface area contributed by atoms with Crippen LogP contribution < -0.4 is 5.32 Å². The lowest BCUT2D eigenvalue weighted by Gasteiger charge is -2.30. The van der Waals surface area contributed by atoms with Gasteiger partial charge in [0.1, 0.15) is 0 Å². The molecular formula is C11H25NO. The highest BCUT2D eigenvalue weighted by Gasteiger charge is 2.23. The van der Waals surface area contributed by atoms with E-state index in [0.717, 1.165) is 19.4 Å². The molecule has 0 atom stereocenters. The van der Waals surface area contributed by atoms with Crippen LogP contribution in [0.1, 0.15) is 52.9 Å². The molecule has 80 valence electrons. The largest absolute Gasteiger partial charge is 0.394 e. The monoisotopic (exact) mass is 187 g/mol. The Balaban J connectivity index is 3.68. The molecule has 2 heteroatoms. The van der Waals surface area contributed by atoms with Crippen LogP contribution in [0.2, 0.25) is 0 Å². The van der Waals surface area contributed by atoms with Gasteiger partial charge in [-0.2, -0.15) is 0 Å². The van der Waals surface area contributed by atoms with Crippen LogP contribution >= 0.6 is 0 Å². The maximum Gasteiger partial charge on any atom is 0.0613 e. The molecule has 0 saturated heterocycles. The van der Waals surface area contributed by atoms with Crippen LogP contribution in [0.25, 0.3) is 0 Å². The Hall–Kier alpha value is -0.0800. The molecule has 0 bridgehead atoms. The molecule has 0 aromatic heterocycles. The molecule has 2 nitrogen and oxygen atoms in total. The van der Waals surface area contributed by atoms with Crippen LogP contribution in [0.5, 0.6) is 0 Å². The highest BCUT2D eigenvalue weighted by molar-refractivity contribution is 4.84. The lowest BCUT2D eigenvalue weighted by molar-refractivity contribution is 0.151. The second kappa shape index (κ2) is 7.34. The average Bonchev–Trinajstić information content (AvgIpc) is 2.20. The van der Waals surface area contributed by atoms with Gasteiger partial charge >= 0.3 is 0 Å². The van der Waals surface area contributed by atoms with E-state index in [1.54, 1.807) is 0 Å². The second-order valence-corrected chi connectivity index (χ2v) is 3.78. The first-order valence-corrected chi connectivity index (χ1v) is 5.60. The van der Waals surface area contributed by atoms with E-state index in [-0.39, 0.29) is 12.1 Å². The molecule has 2 N–H and O–H groups in total. The molecule has 0 spiro atoms. The highest BCUT2D eigenvalue weighted by atomic mass is 16.3. The van der Waals surface area contributed by atoms with Gasteiger partial charge in [-0.1, -0.05) is 33.6 Å². The fourth-order valence-electron chi connectivity index (χ4n) is 1.51. The van der Waals surface area contributed by atoms with Gasteiger partial charge in [0, 0.05) is 5.54 Å². The molecule has 13 heavy (non-hydrogen) atoms. The van der Waals surface area contributed by atoms with Gasteiger partial charge in [0.25, 0.3) is 0 Å². The topological polar surface area (TPSA) is 32.3 Å². The molecule has 0 aromatic carbocycles. The normalized spacial score (nSPS) is 12.0. The Morgan fingerprint density at radius 2 is 1.69 bits per heavy atom. The molecule has 0 rings (SSSR count). The summed E-state index contributed by atoms with van der Waals surface area (Å²) < 4.78 is 0. The van der Waals surface area contributed by atoms with Crippen molar-refractivity contribution in [2.45, 2.75) is 58.4 Å². The minimum absolute atomic E-state index is 0.0201. The molecule has 0 unspecified atom stereocenters. The lowest BCUT2D eigenvalue weighted by atomic mass is 9.94. The summed E-state index contributed by atoms with van der Waals surface area (Å²) in [6.45, 7) is 7.76. The molecule has 0 saturated carbocycles. The van der Waals surface area contributed by atoms with Crippen LogP contribution in [0, 0.1) is 0 Å². The van der Waals surface area contributed by atoms with Crippen molar-refractivity contribution in [1.29, 1.82) is 0 Å². The van der Waals surface area contributed by atoms with Crippen molar-refractivity contribution in [3.8, 4) is 0 Å². The summed E-state index contributed by atoms with van der Waals surface area (Å²) in [5.41, 5.74) is -0.0201. The van der Waals surface area contributed by atoms with E-state index in [1.807, 2.05) is 0 Å². The SMILES string of the molecule is CCCCCNC(CC)(CC)CO. The Bertz CT molecular complexity index is 102.